The largest absolute Gasteiger partial charge is 0.265 e. The first-order chi connectivity index (χ1) is 7.74. The van der Waals surface area contributed by atoms with E-state index >= 15 is 0 Å². The Morgan fingerprint density at radius 3 is 2.56 bits per heavy atom. The van der Waals surface area contributed by atoms with Crippen LogP contribution in [0.4, 0.5) is 0 Å². The fourth-order valence-corrected chi connectivity index (χ4v) is 2.01. The van der Waals surface area contributed by atoms with Crippen molar-refractivity contribution in [2.45, 2.75) is 25.6 Å². The zero-order chi connectivity index (χ0) is 11.5. The molecule has 0 saturated carbocycles. The first kappa shape index (κ1) is 11.1. The Balaban J connectivity index is 2.53. The predicted octanol–water partition coefficient (Wildman–Crippen LogP) is 3.13. The van der Waals surface area contributed by atoms with Crippen LogP contribution in [0.2, 0.25) is 0 Å². The number of hydrogen-bond acceptors (Lipinski definition) is 2. The first-order valence-electron chi connectivity index (χ1n) is 5.27. The highest BCUT2D eigenvalue weighted by atomic mass is 35.5. The van der Waals surface area contributed by atoms with E-state index in [-0.39, 0.29) is 0 Å². The predicted molar refractivity (Wildman–Crippen MR) is 65.0 cm³/mol. The number of alkyl halides is 1. The minimum atomic E-state index is 0.393. The Morgan fingerprint density at radius 2 is 2.00 bits per heavy atom. The van der Waals surface area contributed by atoms with Gasteiger partial charge >= 0.3 is 0 Å². The average Bonchev–Trinajstić information content (AvgIpc) is 2.73. The molecule has 2 aromatic rings. The summed E-state index contributed by atoms with van der Waals surface area (Å²) in [4.78, 5) is 4.01. The molecule has 0 aliphatic heterocycles. The summed E-state index contributed by atoms with van der Waals surface area (Å²) in [5.74, 6) is 0.892. The van der Waals surface area contributed by atoms with Gasteiger partial charge in [0.1, 0.15) is 0 Å². The van der Waals surface area contributed by atoms with Crippen molar-refractivity contribution in [3.63, 3.8) is 0 Å². The molecule has 0 unspecified atom stereocenters. The van der Waals surface area contributed by atoms with Crippen molar-refractivity contribution in [2.24, 2.45) is 0 Å². The third-order valence-corrected chi connectivity index (χ3v) is 2.77. The van der Waals surface area contributed by atoms with Gasteiger partial charge in [-0.2, -0.15) is 5.10 Å². The third kappa shape index (κ3) is 1.95. The number of halogens is 1. The van der Waals surface area contributed by atoms with Gasteiger partial charge in [-0.15, -0.1) is 11.6 Å². The van der Waals surface area contributed by atoms with Crippen molar-refractivity contribution in [2.75, 3.05) is 0 Å². The topological polar surface area (TPSA) is 30.7 Å². The van der Waals surface area contributed by atoms with Crippen molar-refractivity contribution in [3.8, 4) is 5.69 Å². The molecule has 0 atom stereocenters. The van der Waals surface area contributed by atoms with E-state index in [9.17, 15) is 0 Å². The second-order valence-corrected chi connectivity index (χ2v) is 4.23. The molecule has 0 aromatic carbocycles. The van der Waals surface area contributed by atoms with Crippen LogP contribution in [0.15, 0.2) is 30.7 Å². The molecule has 0 spiro atoms. The quantitative estimate of drug-likeness (QED) is 0.766. The molecule has 2 aromatic heterocycles. The van der Waals surface area contributed by atoms with E-state index in [1.165, 1.54) is 5.69 Å². The van der Waals surface area contributed by atoms with E-state index in [1.807, 2.05) is 23.0 Å². The number of hydrogen-bond donors (Lipinski definition) is 0. The molecule has 0 aliphatic rings. The molecule has 0 N–H and O–H groups in total. The number of pyridine rings is 1. The summed E-state index contributed by atoms with van der Waals surface area (Å²) in [7, 11) is 0. The molecule has 0 fully saturated rings. The fraction of sp³-hybridized carbons (Fsp3) is 0.333. The summed E-state index contributed by atoms with van der Waals surface area (Å²) in [6, 6.07) is 3.88. The van der Waals surface area contributed by atoms with Crippen LogP contribution in [0.1, 0.15) is 31.0 Å². The fourth-order valence-electron chi connectivity index (χ4n) is 1.80. The van der Waals surface area contributed by atoms with Crippen LogP contribution in [0.3, 0.4) is 0 Å². The normalized spacial score (nSPS) is 11.0. The zero-order valence-electron chi connectivity index (χ0n) is 9.39. The Hall–Kier alpha value is -1.35. The maximum atomic E-state index is 5.91. The molecule has 2 heterocycles. The minimum Gasteiger partial charge on any atom is -0.265 e. The summed E-state index contributed by atoms with van der Waals surface area (Å²) in [6.07, 6.45) is 5.37. The van der Waals surface area contributed by atoms with Gasteiger partial charge in [-0.3, -0.25) is 4.98 Å². The van der Waals surface area contributed by atoms with Crippen LogP contribution in [0.25, 0.3) is 5.69 Å². The Bertz CT molecular complexity index is 462. The lowest BCUT2D eigenvalue weighted by atomic mass is 10.1. The molecule has 4 heteroatoms. The van der Waals surface area contributed by atoms with Crippen molar-refractivity contribution < 1.29 is 0 Å². The van der Waals surface area contributed by atoms with E-state index in [2.05, 4.69) is 23.9 Å². The van der Waals surface area contributed by atoms with Gasteiger partial charge in [0.2, 0.25) is 0 Å². The number of rotatable bonds is 3. The van der Waals surface area contributed by atoms with Crippen molar-refractivity contribution >= 4 is 11.6 Å². The summed E-state index contributed by atoms with van der Waals surface area (Å²) < 4.78 is 1.93. The lowest BCUT2D eigenvalue weighted by Gasteiger charge is -2.11. The second kappa shape index (κ2) is 4.66. The summed E-state index contributed by atoms with van der Waals surface area (Å²) >= 11 is 5.91. The lowest BCUT2D eigenvalue weighted by Crippen LogP contribution is -2.05. The zero-order valence-corrected chi connectivity index (χ0v) is 10.1. The van der Waals surface area contributed by atoms with Gasteiger partial charge in [-0.1, -0.05) is 13.8 Å². The maximum absolute atomic E-state index is 5.91. The van der Waals surface area contributed by atoms with E-state index in [4.69, 9.17) is 11.6 Å². The van der Waals surface area contributed by atoms with Crippen molar-refractivity contribution in [3.05, 3.63) is 42.0 Å². The Kier molecular flexibility index (Phi) is 3.25. The lowest BCUT2D eigenvalue weighted by molar-refractivity contribution is 0.728. The molecular formula is C12H14ClN3. The smallest absolute Gasteiger partial charge is 0.0679 e. The first-order valence-corrected chi connectivity index (χ1v) is 5.80. The Labute approximate surface area is 100 Å². The van der Waals surface area contributed by atoms with Crippen LogP contribution in [-0.4, -0.2) is 14.8 Å². The molecule has 0 radical (unpaired) electrons. The van der Waals surface area contributed by atoms with Crippen LogP contribution in [0, 0.1) is 0 Å². The van der Waals surface area contributed by atoms with Crippen molar-refractivity contribution in [1.29, 1.82) is 0 Å². The highest BCUT2D eigenvalue weighted by molar-refractivity contribution is 6.17. The van der Waals surface area contributed by atoms with Crippen LogP contribution >= 0.6 is 11.6 Å². The number of nitrogens with zero attached hydrogens (tertiary/aromatic N) is 3. The van der Waals surface area contributed by atoms with Gasteiger partial charge in [0.15, 0.2) is 0 Å². The van der Waals surface area contributed by atoms with E-state index < -0.39 is 0 Å². The van der Waals surface area contributed by atoms with Crippen LogP contribution < -0.4 is 0 Å². The molecule has 84 valence electrons. The van der Waals surface area contributed by atoms with E-state index in [0.717, 1.165) is 11.3 Å². The number of aromatic nitrogens is 3. The molecule has 0 saturated heterocycles. The van der Waals surface area contributed by atoms with Gasteiger partial charge < -0.3 is 0 Å². The van der Waals surface area contributed by atoms with Gasteiger partial charge in [0.25, 0.3) is 0 Å². The summed E-state index contributed by atoms with van der Waals surface area (Å²) in [6.45, 7) is 4.29. The molecular weight excluding hydrogens is 222 g/mol. The molecule has 16 heavy (non-hydrogen) atoms. The van der Waals surface area contributed by atoms with Gasteiger partial charge in [0.05, 0.1) is 23.5 Å². The highest BCUT2D eigenvalue weighted by Gasteiger charge is 2.14. The molecule has 2 rings (SSSR count). The third-order valence-electron chi connectivity index (χ3n) is 2.48. The SMILES string of the molecule is CC(C)c1c(CCl)cnn1-c1ccncc1. The molecule has 0 bridgehead atoms. The monoisotopic (exact) mass is 235 g/mol. The minimum absolute atomic E-state index is 0.393. The van der Waals surface area contributed by atoms with Crippen LogP contribution in [-0.2, 0) is 5.88 Å². The molecule has 0 aliphatic carbocycles. The van der Waals surface area contributed by atoms with Crippen LogP contribution in [0.5, 0.6) is 0 Å². The summed E-state index contributed by atoms with van der Waals surface area (Å²) in [5, 5.41) is 4.38. The standard InChI is InChI=1S/C12H14ClN3/c1-9(2)12-10(7-13)8-15-16(12)11-3-5-14-6-4-11/h3-6,8-9H,7H2,1-2H3. The van der Waals surface area contributed by atoms with Gasteiger partial charge in [0, 0.05) is 18.0 Å². The summed E-state index contributed by atoms with van der Waals surface area (Å²) in [5.41, 5.74) is 3.28. The van der Waals surface area contributed by atoms with Crippen molar-refractivity contribution in [1.82, 2.24) is 14.8 Å². The Morgan fingerprint density at radius 1 is 1.31 bits per heavy atom. The second-order valence-electron chi connectivity index (χ2n) is 3.96. The highest BCUT2D eigenvalue weighted by Crippen LogP contribution is 2.23. The maximum Gasteiger partial charge on any atom is 0.0679 e. The van der Waals surface area contributed by atoms with Gasteiger partial charge in [-0.25, -0.2) is 4.68 Å². The average molecular weight is 236 g/mol. The van der Waals surface area contributed by atoms with E-state index in [1.54, 1.807) is 12.4 Å². The molecule has 3 nitrogen and oxygen atoms in total. The van der Waals surface area contributed by atoms with E-state index in [0.29, 0.717) is 11.8 Å². The molecule has 0 amide bonds. The van der Waals surface area contributed by atoms with Gasteiger partial charge in [-0.05, 0) is 18.1 Å².